The molecule has 0 N–H and O–H groups in total. The van der Waals surface area contributed by atoms with E-state index in [0.717, 1.165) is 0 Å². The Bertz CT molecular complexity index is 359. The molecule has 0 unspecified atom stereocenters. The van der Waals surface area contributed by atoms with Gasteiger partial charge in [0.2, 0.25) is 3.79 Å². The zero-order valence-corrected chi connectivity index (χ0v) is 10.4. The van der Waals surface area contributed by atoms with E-state index in [0.29, 0.717) is 5.02 Å². The quantitative estimate of drug-likeness (QED) is 0.610. The van der Waals surface area contributed by atoms with Crippen molar-refractivity contribution in [2.24, 2.45) is 0 Å². The summed E-state index contributed by atoms with van der Waals surface area (Å²) in [5.74, 6) is -0.619. The summed E-state index contributed by atoms with van der Waals surface area (Å²) in [4.78, 5) is 11.4. The van der Waals surface area contributed by atoms with Crippen molar-refractivity contribution in [2.45, 2.75) is 3.79 Å². The van der Waals surface area contributed by atoms with Crippen molar-refractivity contribution < 1.29 is 9.53 Å². The van der Waals surface area contributed by atoms with E-state index in [9.17, 15) is 4.79 Å². The lowest BCUT2D eigenvalue weighted by Crippen LogP contribution is -2.17. The second kappa shape index (κ2) is 5.26. The lowest BCUT2D eigenvalue weighted by molar-refractivity contribution is 0.0512. The highest BCUT2D eigenvalue weighted by atomic mass is 35.6. The SMILES string of the molecule is O=C(OCC(Cl)(Cl)Cl)c1ccccc1Cl. The first kappa shape index (κ1) is 12.9. The molecule has 0 aliphatic rings. The first-order chi connectivity index (χ1) is 6.90. The number of carbonyl (C=O) groups excluding carboxylic acids is 1. The van der Waals surface area contributed by atoms with Crippen molar-refractivity contribution in [3.8, 4) is 0 Å². The summed E-state index contributed by atoms with van der Waals surface area (Å²) in [6.45, 7) is -0.318. The predicted octanol–water partition coefficient (Wildman–Crippen LogP) is 3.87. The second-order valence-corrected chi connectivity index (χ2v) is 5.59. The van der Waals surface area contributed by atoms with Gasteiger partial charge in [-0.05, 0) is 12.1 Å². The van der Waals surface area contributed by atoms with Gasteiger partial charge in [0.15, 0.2) is 0 Å². The molecule has 2 nitrogen and oxygen atoms in total. The van der Waals surface area contributed by atoms with Gasteiger partial charge in [-0.25, -0.2) is 4.79 Å². The second-order valence-electron chi connectivity index (χ2n) is 2.67. The number of alkyl halides is 3. The van der Waals surface area contributed by atoms with Crippen molar-refractivity contribution >= 4 is 52.4 Å². The van der Waals surface area contributed by atoms with Crippen LogP contribution in [0.2, 0.25) is 5.02 Å². The van der Waals surface area contributed by atoms with Crippen molar-refractivity contribution in [3.63, 3.8) is 0 Å². The van der Waals surface area contributed by atoms with Gasteiger partial charge in [0, 0.05) is 0 Å². The van der Waals surface area contributed by atoms with Crippen LogP contribution in [0, 0.1) is 0 Å². The standard InChI is InChI=1S/C9H6Cl4O2/c10-7-4-2-1-3-6(7)8(14)15-5-9(11,12)13/h1-4H,5H2. The highest BCUT2D eigenvalue weighted by Gasteiger charge is 2.23. The fourth-order valence-electron chi connectivity index (χ4n) is 0.852. The van der Waals surface area contributed by atoms with E-state index in [1.54, 1.807) is 18.2 Å². The van der Waals surface area contributed by atoms with Gasteiger partial charge in [-0.3, -0.25) is 0 Å². The number of benzene rings is 1. The fraction of sp³-hybridized carbons (Fsp3) is 0.222. The Morgan fingerprint density at radius 2 is 1.87 bits per heavy atom. The van der Waals surface area contributed by atoms with E-state index >= 15 is 0 Å². The van der Waals surface area contributed by atoms with Crippen LogP contribution in [0.4, 0.5) is 0 Å². The number of esters is 1. The topological polar surface area (TPSA) is 26.3 Å². The summed E-state index contributed by atoms with van der Waals surface area (Å²) >= 11 is 22.0. The van der Waals surface area contributed by atoms with Gasteiger partial charge in [-0.2, -0.15) is 0 Å². The molecule has 0 fully saturated rings. The number of halogens is 4. The van der Waals surface area contributed by atoms with Crippen LogP contribution in [0.15, 0.2) is 24.3 Å². The lowest BCUT2D eigenvalue weighted by Gasteiger charge is -2.11. The van der Waals surface area contributed by atoms with Gasteiger partial charge in [0.05, 0.1) is 10.6 Å². The Hall–Kier alpha value is -0.150. The Morgan fingerprint density at radius 3 is 2.40 bits per heavy atom. The summed E-state index contributed by atoms with van der Waals surface area (Å²) in [7, 11) is 0. The third-order valence-electron chi connectivity index (χ3n) is 1.46. The highest BCUT2D eigenvalue weighted by molar-refractivity contribution is 6.67. The van der Waals surface area contributed by atoms with Crippen molar-refractivity contribution in [2.75, 3.05) is 6.61 Å². The lowest BCUT2D eigenvalue weighted by atomic mass is 10.2. The zero-order chi connectivity index (χ0) is 11.5. The molecule has 0 radical (unpaired) electrons. The molecule has 1 aromatic carbocycles. The molecule has 0 aromatic heterocycles. The molecular formula is C9H6Cl4O2. The molecule has 0 aliphatic heterocycles. The maximum absolute atomic E-state index is 11.4. The third-order valence-corrected chi connectivity index (χ3v) is 2.12. The third kappa shape index (κ3) is 4.47. The molecule has 0 saturated heterocycles. The Balaban J connectivity index is 2.66. The van der Waals surface area contributed by atoms with Crippen LogP contribution in [0.1, 0.15) is 10.4 Å². The number of hydrogen-bond donors (Lipinski definition) is 0. The van der Waals surface area contributed by atoms with Gasteiger partial charge in [-0.1, -0.05) is 58.5 Å². The Labute approximate surface area is 107 Å². The largest absolute Gasteiger partial charge is 0.457 e. The molecule has 82 valence electrons. The van der Waals surface area contributed by atoms with E-state index in [4.69, 9.17) is 51.1 Å². The average molecular weight is 288 g/mol. The van der Waals surface area contributed by atoms with Crippen LogP contribution < -0.4 is 0 Å². The van der Waals surface area contributed by atoms with E-state index in [1.165, 1.54) is 6.07 Å². The molecule has 0 amide bonds. The number of hydrogen-bond acceptors (Lipinski definition) is 2. The first-order valence-corrected chi connectivity index (χ1v) is 5.40. The molecule has 1 rings (SSSR count). The smallest absolute Gasteiger partial charge is 0.339 e. The summed E-state index contributed by atoms with van der Waals surface area (Å²) in [6, 6.07) is 6.47. The van der Waals surface area contributed by atoms with Crippen LogP contribution in [0.25, 0.3) is 0 Å². The van der Waals surface area contributed by atoms with Gasteiger partial charge < -0.3 is 4.74 Å². The van der Waals surface area contributed by atoms with Crippen LogP contribution in [-0.2, 0) is 4.74 Å². The first-order valence-electron chi connectivity index (χ1n) is 3.88. The summed E-state index contributed by atoms with van der Waals surface area (Å²) in [5, 5.41) is 0.298. The molecule has 6 heteroatoms. The van der Waals surface area contributed by atoms with E-state index in [-0.39, 0.29) is 12.2 Å². The minimum Gasteiger partial charge on any atom is -0.457 e. The van der Waals surface area contributed by atoms with Crippen LogP contribution >= 0.6 is 46.4 Å². The normalized spacial score (nSPS) is 11.2. The van der Waals surface area contributed by atoms with Crippen molar-refractivity contribution in [1.29, 1.82) is 0 Å². The van der Waals surface area contributed by atoms with Crippen LogP contribution in [0.5, 0.6) is 0 Å². The number of ether oxygens (including phenoxy) is 1. The molecular weight excluding hydrogens is 282 g/mol. The fourth-order valence-corrected chi connectivity index (χ4v) is 1.23. The van der Waals surface area contributed by atoms with E-state index in [2.05, 4.69) is 0 Å². The highest BCUT2D eigenvalue weighted by Crippen LogP contribution is 2.26. The molecule has 0 atom stereocenters. The van der Waals surface area contributed by atoms with E-state index < -0.39 is 9.76 Å². The van der Waals surface area contributed by atoms with Gasteiger partial charge >= 0.3 is 5.97 Å². The van der Waals surface area contributed by atoms with Gasteiger partial charge in [0.1, 0.15) is 6.61 Å². The van der Waals surface area contributed by atoms with Gasteiger partial charge in [-0.15, -0.1) is 0 Å². The summed E-state index contributed by atoms with van der Waals surface area (Å²) < 4.78 is 3.14. The Morgan fingerprint density at radius 1 is 1.27 bits per heavy atom. The molecule has 0 bridgehead atoms. The maximum Gasteiger partial charge on any atom is 0.339 e. The Kier molecular flexibility index (Phi) is 4.53. The summed E-state index contributed by atoms with van der Waals surface area (Å²) in [5.41, 5.74) is 0.244. The molecule has 0 heterocycles. The van der Waals surface area contributed by atoms with Crippen LogP contribution in [0.3, 0.4) is 0 Å². The van der Waals surface area contributed by atoms with E-state index in [1.807, 2.05) is 0 Å². The number of carbonyl (C=O) groups is 1. The minimum absolute atomic E-state index is 0.244. The maximum atomic E-state index is 11.4. The zero-order valence-electron chi connectivity index (χ0n) is 7.34. The van der Waals surface area contributed by atoms with Gasteiger partial charge in [0.25, 0.3) is 0 Å². The monoisotopic (exact) mass is 286 g/mol. The average Bonchev–Trinajstić information content (AvgIpc) is 2.14. The molecule has 0 aliphatic carbocycles. The predicted molar refractivity (Wildman–Crippen MR) is 62.0 cm³/mol. The van der Waals surface area contributed by atoms with Crippen LogP contribution in [-0.4, -0.2) is 16.4 Å². The molecule has 0 spiro atoms. The number of rotatable bonds is 2. The minimum atomic E-state index is -1.61. The molecule has 0 saturated carbocycles. The molecule has 15 heavy (non-hydrogen) atoms. The van der Waals surface area contributed by atoms with Crippen molar-refractivity contribution in [1.82, 2.24) is 0 Å². The summed E-state index contributed by atoms with van der Waals surface area (Å²) in [6.07, 6.45) is 0. The molecule has 1 aromatic rings. The van der Waals surface area contributed by atoms with Crippen molar-refractivity contribution in [3.05, 3.63) is 34.9 Å².